The molecule has 126 valence electrons. The zero-order chi connectivity index (χ0) is 17.4. The first kappa shape index (κ1) is 18.1. The number of carbonyl (C=O) groups is 2. The summed E-state index contributed by atoms with van der Waals surface area (Å²) in [5.41, 5.74) is 0. The van der Waals surface area contributed by atoms with Crippen molar-refractivity contribution in [3.05, 3.63) is 36.9 Å². The van der Waals surface area contributed by atoms with Gasteiger partial charge in [0, 0.05) is 24.8 Å². The Hall–Kier alpha value is -2.20. The Balaban J connectivity index is 2.29. The second-order valence-corrected chi connectivity index (χ2v) is 6.40. The van der Waals surface area contributed by atoms with E-state index >= 15 is 0 Å². The molecule has 0 aromatic carbocycles. The van der Waals surface area contributed by atoms with E-state index in [1.54, 1.807) is 36.9 Å². The zero-order valence-corrected chi connectivity index (χ0v) is 14.5. The number of ether oxygens (including phenoxy) is 2. The van der Waals surface area contributed by atoms with Crippen molar-refractivity contribution in [1.82, 2.24) is 19.9 Å². The number of esters is 2. The molecule has 2 aromatic heterocycles. The largest absolute Gasteiger partial charge is 0.468 e. The molecule has 0 fully saturated rings. The summed E-state index contributed by atoms with van der Waals surface area (Å²) in [6, 6.07) is 3.31. The van der Waals surface area contributed by atoms with Gasteiger partial charge in [-0.2, -0.15) is 0 Å². The summed E-state index contributed by atoms with van der Waals surface area (Å²) in [6.07, 6.45) is 6.18. The second-order valence-electron chi connectivity index (χ2n) is 4.19. The third-order valence-electron chi connectivity index (χ3n) is 2.69. The molecule has 2 heterocycles. The third kappa shape index (κ3) is 4.90. The van der Waals surface area contributed by atoms with Crippen molar-refractivity contribution in [3.63, 3.8) is 0 Å². The molecule has 0 radical (unpaired) electrons. The van der Waals surface area contributed by atoms with Crippen molar-refractivity contribution in [2.24, 2.45) is 0 Å². The van der Waals surface area contributed by atoms with Gasteiger partial charge >= 0.3 is 11.9 Å². The standard InChI is InChI=1S/C14H14N4O4S2/c1-21-11(19)9(23-13-15-5-3-6-16-13)10(12(20)22-2)24-14-17-7-4-8-18-14/h3-10H,1-2H3/t9-,10+. The monoisotopic (exact) mass is 366 g/mol. The summed E-state index contributed by atoms with van der Waals surface area (Å²) in [4.78, 5) is 40.7. The average molecular weight is 366 g/mol. The van der Waals surface area contributed by atoms with Crippen LogP contribution in [-0.4, -0.2) is 56.6 Å². The first-order chi connectivity index (χ1) is 11.7. The lowest BCUT2D eigenvalue weighted by Gasteiger charge is -2.20. The van der Waals surface area contributed by atoms with Crippen LogP contribution in [0.4, 0.5) is 0 Å². The fourth-order valence-electron chi connectivity index (χ4n) is 1.62. The highest BCUT2D eigenvalue weighted by Gasteiger charge is 2.38. The number of thioether (sulfide) groups is 2. The topological polar surface area (TPSA) is 104 Å². The van der Waals surface area contributed by atoms with Crippen molar-refractivity contribution < 1.29 is 19.1 Å². The molecule has 0 saturated heterocycles. The highest BCUT2D eigenvalue weighted by atomic mass is 32.2. The summed E-state index contributed by atoms with van der Waals surface area (Å²) < 4.78 is 9.64. The summed E-state index contributed by atoms with van der Waals surface area (Å²) in [5.74, 6) is -1.18. The van der Waals surface area contributed by atoms with E-state index in [-0.39, 0.29) is 0 Å². The number of hydrogen-bond donors (Lipinski definition) is 0. The molecule has 0 aliphatic rings. The fourth-order valence-corrected chi connectivity index (χ4v) is 3.75. The number of aromatic nitrogens is 4. The second kappa shape index (κ2) is 9.18. The number of hydrogen-bond acceptors (Lipinski definition) is 10. The molecule has 0 amide bonds. The summed E-state index contributed by atoms with van der Waals surface area (Å²) >= 11 is 2.04. The van der Waals surface area contributed by atoms with Crippen LogP contribution in [0.5, 0.6) is 0 Å². The first-order valence-electron chi connectivity index (χ1n) is 6.68. The van der Waals surface area contributed by atoms with Gasteiger partial charge in [0.05, 0.1) is 14.2 Å². The van der Waals surface area contributed by atoms with Gasteiger partial charge < -0.3 is 9.47 Å². The quantitative estimate of drug-likeness (QED) is 0.404. The van der Waals surface area contributed by atoms with Gasteiger partial charge in [-0.05, 0) is 12.1 Å². The van der Waals surface area contributed by atoms with Crippen LogP contribution in [0.2, 0.25) is 0 Å². The summed E-state index contributed by atoms with van der Waals surface area (Å²) in [6.45, 7) is 0. The van der Waals surface area contributed by atoms with Gasteiger partial charge in [0.1, 0.15) is 10.5 Å². The Kier molecular flexibility index (Phi) is 6.94. The van der Waals surface area contributed by atoms with Gasteiger partial charge in [-0.1, -0.05) is 23.5 Å². The molecule has 24 heavy (non-hydrogen) atoms. The Labute approximate surface area is 146 Å². The van der Waals surface area contributed by atoms with E-state index in [1.165, 1.54) is 14.2 Å². The molecule has 0 unspecified atom stereocenters. The molecule has 2 aromatic rings. The molecule has 0 N–H and O–H groups in total. The van der Waals surface area contributed by atoms with Crippen molar-refractivity contribution in [1.29, 1.82) is 0 Å². The summed E-state index contributed by atoms with van der Waals surface area (Å²) in [5, 5.41) is -1.15. The van der Waals surface area contributed by atoms with Crippen LogP contribution in [0.1, 0.15) is 0 Å². The molecule has 0 aliphatic heterocycles. The fraction of sp³-hybridized carbons (Fsp3) is 0.286. The van der Waals surface area contributed by atoms with Gasteiger partial charge in [0.25, 0.3) is 0 Å². The molecule has 2 atom stereocenters. The molecule has 0 bridgehead atoms. The van der Waals surface area contributed by atoms with Gasteiger partial charge in [-0.25, -0.2) is 19.9 Å². The zero-order valence-electron chi connectivity index (χ0n) is 12.9. The highest BCUT2D eigenvalue weighted by Crippen LogP contribution is 2.33. The predicted octanol–water partition coefficient (Wildman–Crippen LogP) is 1.23. The van der Waals surface area contributed by atoms with Crippen LogP contribution in [0, 0.1) is 0 Å². The minimum atomic E-state index is -0.918. The predicted molar refractivity (Wildman–Crippen MR) is 87.4 cm³/mol. The van der Waals surface area contributed by atoms with E-state index in [1.807, 2.05) is 0 Å². The molecule has 0 spiro atoms. The van der Waals surface area contributed by atoms with Crippen LogP contribution in [0.25, 0.3) is 0 Å². The minimum Gasteiger partial charge on any atom is -0.468 e. The molecular formula is C14H14N4O4S2. The number of nitrogens with zero attached hydrogens (tertiary/aromatic N) is 4. The van der Waals surface area contributed by atoms with E-state index in [9.17, 15) is 9.59 Å². The van der Waals surface area contributed by atoms with Crippen molar-refractivity contribution in [3.8, 4) is 0 Å². The van der Waals surface area contributed by atoms with Crippen LogP contribution in [0.3, 0.4) is 0 Å². The molecule has 8 nitrogen and oxygen atoms in total. The maximum Gasteiger partial charge on any atom is 0.321 e. The number of rotatable bonds is 7. The van der Waals surface area contributed by atoms with Crippen LogP contribution < -0.4 is 0 Å². The van der Waals surface area contributed by atoms with E-state index in [0.29, 0.717) is 10.3 Å². The number of methoxy groups -OCH3 is 2. The first-order valence-corrected chi connectivity index (χ1v) is 8.44. The Morgan fingerprint density at radius 2 is 1.12 bits per heavy atom. The number of carbonyl (C=O) groups excluding carboxylic acids is 2. The SMILES string of the molecule is COC(=O)[C@@H](Sc1ncccn1)[C@@H](Sc1ncccn1)C(=O)OC. The van der Waals surface area contributed by atoms with E-state index in [2.05, 4.69) is 19.9 Å². The summed E-state index contributed by atoms with van der Waals surface area (Å²) in [7, 11) is 2.50. The third-order valence-corrected chi connectivity index (χ3v) is 5.14. The average Bonchev–Trinajstić information content (AvgIpc) is 2.65. The van der Waals surface area contributed by atoms with Gasteiger partial charge in [0.15, 0.2) is 10.3 Å². The van der Waals surface area contributed by atoms with Gasteiger partial charge in [-0.15, -0.1) is 0 Å². The molecule has 0 aliphatic carbocycles. The molecule has 10 heteroatoms. The van der Waals surface area contributed by atoms with E-state index in [0.717, 1.165) is 23.5 Å². The van der Waals surface area contributed by atoms with E-state index < -0.39 is 22.4 Å². The Morgan fingerprint density at radius 3 is 1.42 bits per heavy atom. The normalized spacial score (nSPS) is 12.9. The molecular weight excluding hydrogens is 352 g/mol. The van der Waals surface area contributed by atoms with Crippen molar-refractivity contribution in [2.75, 3.05) is 14.2 Å². The Bertz CT molecular complexity index is 615. The van der Waals surface area contributed by atoms with Crippen LogP contribution in [0.15, 0.2) is 47.2 Å². The van der Waals surface area contributed by atoms with Crippen molar-refractivity contribution >= 4 is 35.5 Å². The van der Waals surface area contributed by atoms with Crippen LogP contribution in [-0.2, 0) is 19.1 Å². The van der Waals surface area contributed by atoms with Gasteiger partial charge in [0.2, 0.25) is 0 Å². The lowest BCUT2D eigenvalue weighted by Crippen LogP contribution is -2.37. The van der Waals surface area contributed by atoms with Gasteiger partial charge in [-0.3, -0.25) is 9.59 Å². The van der Waals surface area contributed by atoms with Crippen LogP contribution >= 0.6 is 23.5 Å². The maximum atomic E-state index is 12.2. The molecule has 0 saturated carbocycles. The highest BCUT2D eigenvalue weighted by molar-refractivity contribution is 8.04. The Morgan fingerprint density at radius 1 is 0.792 bits per heavy atom. The lowest BCUT2D eigenvalue weighted by atomic mass is 10.3. The minimum absolute atomic E-state index is 0.344. The smallest absolute Gasteiger partial charge is 0.321 e. The van der Waals surface area contributed by atoms with E-state index in [4.69, 9.17) is 9.47 Å². The lowest BCUT2D eigenvalue weighted by molar-refractivity contribution is -0.146. The maximum absolute atomic E-state index is 12.2. The van der Waals surface area contributed by atoms with Crippen molar-refractivity contribution in [2.45, 2.75) is 20.8 Å². The molecule has 2 rings (SSSR count).